The van der Waals surface area contributed by atoms with Gasteiger partial charge in [0, 0.05) is 23.0 Å². The number of imidazole rings is 1. The lowest BCUT2D eigenvalue weighted by molar-refractivity contribution is -0.136. The molecule has 0 radical (unpaired) electrons. The van der Waals surface area contributed by atoms with E-state index in [1.807, 2.05) is 16.7 Å². The van der Waals surface area contributed by atoms with Gasteiger partial charge in [-0.05, 0) is 6.92 Å². The van der Waals surface area contributed by atoms with Crippen molar-refractivity contribution < 1.29 is 9.90 Å². The van der Waals surface area contributed by atoms with Gasteiger partial charge in [-0.2, -0.15) is 0 Å². The van der Waals surface area contributed by atoms with E-state index in [0.717, 1.165) is 16.3 Å². The molecule has 0 aliphatic carbocycles. The van der Waals surface area contributed by atoms with Gasteiger partial charge < -0.3 is 5.11 Å². The molecule has 1 N–H and O–H groups in total. The first kappa shape index (κ1) is 8.25. The Kier molecular flexibility index (Phi) is 1.81. The highest BCUT2D eigenvalue weighted by Crippen LogP contribution is 2.17. The highest BCUT2D eigenvalue weighted by molar-refractivity contribution is 7.15. The summed E-state index contributed by atoms with van der Waals surface area (Å²) < 4.78 is 1.87. The zero-order chi connectivity index (χ0) is 9.42. The molecule has 0 atom stereocenters. The van der Waals surface area contributed by atoms with Crippen molar-refractivity contribution in [3.63, 3.8) is 0 Å². The molecule has 13 heavy (non-hydrogen) atoms. The smallest absolute Gasteiger partial charge is 0.309 e. The third kappa shape index (κ3) is 1.31. The number of aliphatic carboxylic acids is 1. The van der Waals surface area contributed by atoms with E-state index in [9.17, 15) is 4.79 Å². The summed E-state index contributed by atoms with van der Waals surface area (Å²) in [4.78, 5) is 15.5. The second-order valence-corrected chi connectivity index (χ2v) is 3.65. The van der Waals surface area contributed by atoms with E-state index in [1.165, 1.54) is 11.3 Å². The Balaban J connectivity index is 2.55. The highest BCUT2D eigenvalue weighted by atomic mass is 32.1. The fraction of sp³-hybridized carbons (Fsp3) is 0.250. The highest BCUT2D eigenvalue weighted by Gasteiger charge is 2.09. The van der Waals surface area contributed by atoms with E-state index in [2.05, 4.69) is 4.98 Å². The molecule has 2 aromatic heterocycles. The summed E-state index contributed by atoms with van der Waals surface area (Å²) in [6.07, 6.45) is 1.80. The molecule has 4 nitrogen and oxygen atoms in total. The van der Waals surface area contributed by atoms with Gasteiger partial charge in [0.2, 0.25) is 0 Å². The monoisotopic (exact) mass is 196 g/mol. The molecule has 68 valence electrons. The number of fused-ring (bicyclic) bond motifs is 1. The van der Waals surface area contributed by atoms with Crippen LogP contribution in [-0.4, -0.2) is 20.5 Å². The molecule has 0 aromatic carbocycles. The minimum atomic E-state index is -0.812. The van der Waals surface area contributed by atoms with Crippen LogP contribution in [0.3, 0.4) is 0 Å². The maximum absolute atomic E-state index is 10.5. The quantitative estimate of drug-likeness (QED) is 0.788. The molecule has 0 saturated carbocycles. The minimum Gasteiger partial charge on any atom is -0.481 e. The zero-order valence-electron chi connectivity index (χ0n) is 7.02. The predicted octanol–water partition coefficient (Wildman–Crippen LogP) is 1.33. The number of carbonyl (C=O) groups is 1. The van der Waals surface area contributed by atoms with Crippen LogP contribution in [-0.2, 0) is 11.2 Å². The molecule has 0 amide bonds. The molecule has 2 heterocycles. The summed E-state index contributed by atoms with van der Waals surface area (Å²) in [6.45, 7) is 1.91. The Morgan fingerprint density at radius 1 is 1.77 bits per heavy atom. The number of aromatic nitrogens is 2. The molecule has 2 rings (SSSR count). The van der Waals surface area contributed by atoms with Gasteiger partial charge in [-0.3, -0.25) is 9.20 Å². The van der Waals surface area contributed by atoms with Gasteiger partial charge in [0.15, 0.2) is 4.96 Å². The minimum absolute atomic E-state index is 0.0528. The first-order valence-corrected chi connectivity index (χ1v) is 4.68. The van der Waals surface area contributed by atoms with Gasteiger partial charge in [0.1, 0.15) is 0 Å². The fourth-order valence-corrected chi connectivity index (χ4v) is 2.21. The van der Waals surface area contributed by atoms with Crippen molar-refractivity contribution in [1.29, 1.82) is 0 Å². The van der Waals surface area contributed by atoms with E-state index < -0.39 is 5.97 Å². The van der Waals surface area contributed by atoms with E-state index in [-0.39, 0.29) is 6.42 Å². The molecule has 2 aromatic rings. The maximum atomic E-state index is 10.5. The largest absolute Gasteiger partial charge is 0.481 e. The summed E-state index contributed by atoms with van der Waals surface area (Å²) in [5.74, 6) is -0.812. The lowest BCUT2D eigenvalue weighted by atomic mass is 10.3. The number of carboxylic acids is 1. The molecule has 0 unspecified atom stereocenters. The van der Waals surface area contributed by atoms with Crippen LogP contribution in [0.25, 0.3) is 4.96 Å². The van der Waals surface area contributed by atoms with Crippen LogP contribution >= 0.6 is 11.3 Å². The number of carboxylic acid groups (broad SMARTS) is 1. The number of hydrogen-bond donors (Lipinski definition) is 1. The van der Waals surface area contributed by atoms with E-state index in [4.69, 9.17) is 5.11 Å². The third-order valence-electron chi connectivity index (χ3n) is 1.83. The average Bonchev–Trinajstić information content (AvgIpc) is 2.56. The summed E-state index contributed by atoms with van der Waals surface area (Å²) in [5, 5.41) is 10.5. The number of aryl methyl sites for hydroxylation is 1. The van der Waals surface area contributed by atoms with Crippen LogP contribution in [0, 0.1) is 6.92 Å². The zero-order valence-corrected chi connectivity index (χ0v) is 7.84. The van der Waals surface area contributed by atoms with Gasteiger partial charge in [-0.25, -0.2) is 4.98 Å². The van der Waals surface area contributed by atoms with Crippen molar-refractivity contribution in [3.8, 4) is 0 Å². The standard InChI is InChI=1S/C8H8N2O2S/c1-5-3-9-8-10(5)6(4-13-8)2-7(11)12/h3-4H,2H2,1H3,(H,11,12). The SMILES string of the molecule is Cc1cnc2scc(CC(=O)O)n12. The number of nitrogens with zero attached hydrogens (tertiary/aromatic N) is 2. The normalized spacial score (nSPS) is 10.8. The van der Waals surface area contributed by atoms with Crippen molar-refractivity contribution in [2.45, 2.75) is 13.3 Å². The van der Waals surface area contributed by atoms with Crippen LogP contribution < -0.4 is 0 Å². The molecular formula is C8H8N2O2S. The van der Waals surface area contributed by atoms with E-state index in [0.29, 0.717) is 0 Å². The molecule has 0 saturated heterocycles. The van der Waals surface area contributed by atoms with Crippen LogP contribution in [0.15, 0.2) is 11.6 Å². The molecular weight excluding hydrogens is 188 g/mol. The van der Waals surface area contributed by atoms with Crippen molar-refractivity contribution in [2.75, 3.05) is 0 Å². The number of thiazole rings is 1. The summed E-state index contributed by atoms with van der Waals surface area (Å²) in [5.41, 5.74) is 1.77. The lowest BCUT2D eigenvalue weighted by Crippen LogP contribution is -2.03. The predicted molar refractivity (Wildman–Crippen MR) is 49.1 cm³/mol. The van der Waals surface area contributed by atoms with Crippen LogP contribution in [0.5, 0.6) is 0 Å². The van der Waals surface area contributed by atoms with Gasteiger partial charge in [0.05, 0.1) is 6.42 Å². The number of rotatable bonds is 2. The lowest BCUT2D eigenvalue weighted by Gasteiger charge is -1.95. The molecule has 0 aliphatic heterocycles. The Morgan fingerprint density at radius 2 is 2.54 bits per heavy atom. The van der Waals surface area contributed by atoms with Crippen LogP contribution in [0.1, 0.15) is 11.4 Å². The third-order valence-corrected chi connectivity index (χ3v) is 2.71. The Morgan fingerprint density at radius 3 is 3.23 bits per heavy atom. The van der Waals surface area contributed by atoms with Crippen LogP contribution in [0.2, 0.25) is 0 Å². The van der Waals surface area contributed by atoms with E-state index in [1.54, 1.807) is 6.20 Å². The van der Waals surface area contributed by atoms with Gasteiger partial charge >= 0.3 is 5.97 Å². The van der Waals surface area contributed by atoms with Crippen molar-refractivity contribution in [2.24, 2.45) is 0 Å². The fourth-order valence-electron chi connectivity index (χ4n) is 1.30. The summed E-state index contributed by atoms with van der Waals surface area (Å²) in [6, 6.07) is 0. The Bertz CT molecular complexity index is 458. The summed E-state index contributed by atoms with van der Waals surface area (Å²) >= 11 is 1.47. The van der Waals surface area contributed by atoms with Crippen LogP contribution in [0.4, 0.5) is 0 Å². The van der Waals surface area contributed by atoms with Gasteiger partial charge in [0.25, 0.3) is 0 Å². The number of hydrogen-bond acceptors (Lipinski definition) is 3. The van der Waals surface area contributed by atoms with Crippen molar-refractivity contribution >= 4 is 22.3 Å². The molecule has 0 spiro atoms. The van der Waals surface area contributed by atoms with Crippen molar-refractivity contribution in [3.05, 3.63) is 23.0 Å². The van der Waals surface area contributed by atoms with Gasteiger partial charge in [-0.15, -0.1) is 11.3 Å². The first-order valence-electron chi connectivity index (χ1n) is 3.80. The Labute approximate surface area is 78.5 Å². The van der Waals surface area contributed by atoms with Crippen molar-refractivity contribution in [1.82, 2.24) is 9.38 Å². The molecule has 5 heteroatoms. The maximum Gasteiger partial charge on any atom is 0.309 e. The van der Waals surface area contributed by atoms with Gasteiger partial charge in [-0.1, -0.05) is 0 Å². The summed E-state index contributed by atoms with van der Waals surface area (Å²) in [7, 11) is 0. The first-order chi connectivity index (χ1) is 6.18. The van der Waals surface area contributed by atoms with E-state index >= 15 is 0 Å². The Hall–Kier alpha value is -1.36. The molecule has 0 fully saturated rings. The topological polar surface area (TPSA) is 54.6 Å². The molecule has 0 bridgehead atoms. The molecule has 0 aliphatic rings. The second kappa shape index (κ2) is 2.85. The average molecular weight is 196 g/mol. The second-order valence-electron chi connectivity index (χ2n) is 2.82.